The van der Waals surface area contributed by atoms with Crippen molar-refractivity contribution in [2.75, 3.05) is 25.5 Å². The fourth-order valence-corrected chi connectivity index (χ4v) is 7.79. The molecule has 8 nitrogen and oxygen atoms in total. The van der Waals surface area contributed by atoms with E-state index in [1.54, 1.807) is 29.2 Å². The van der Waals surface area contributed by atoms with E-state index in [0.29, 0.717) is 35.6 Å². The van der Waals surface area contributed by atoms with Gasteiger partial charge in [0.15, 0.2) is 0 Å². The summed E-state index contributed by atoms with van der Waals surface area (Å²) in [6.45, 7) is 6.06. The lowest BCUT2D eigenvalue weighted by Gasteiger charge is -2.38. The molecule has 8 atom stereocenters. The number of amides is 3. The lowest BCUT2D eigenvalue weighted by atomic mass is 9.73. The van der Waals surface area contributed by atoms with Crippen molar-refractivity contribution in [2.24, 2.45) is 23.7 Å². The van der Waals surface area contributed by atoms with Crippen LogP contribution in [0.3, 0.4) is 0 Å². The predicted molar refractivity (Wildman–Crippen MR) is 166 cm³/mol. The van der Waals surface area contributed by atoms with E-state index >= 15 is 0 Å². The molecule has 0 aromatic heterocycles. The summed E-state index contributed by atoms with van der Waals surface area (Å²) in [5.74, 6) is -1.43. The van der Waals surface area contributed by atoms with Crippen molar-refractivity contribution in [3.63, 3.8) is 0 Å². The van der Waals surface area contributed by atoms with Gasteiger partial charge in [-0.05, 0) is 49.1 Å². The fraction of sp³-hybridized carbons (Fsp3) is 0.500. The van der Waals surface area contributed by atoms with Gasteiger partial charge in [-0.25, -0.2) is 0 Å². The molecule has 0 unspecified atom stereocenters. The molecule has 1 spiro atoms. The zero-order valence-corrected chi connectivity index (χ0v) is 25.8. The molecule has 2 saturated heterocycles. The SMILES string of the molecule is C[C@@H]1[C@H](C)CCC[C@@H]1NC(=O)[C@@H]1N(CCN(C)Cc2ccccc2)C(=O)[C@H]2[C@@H](C(=O)Nc3cccc(Cl)c3)[C@H]3C=C[C@@]12O3. The van der Waals surface area contributed by atoms with E-state index in [-0.39, 0.29) is 23.8 Å². The van der Waals surface area contributed by atoms with Crippen LogP contribution in [-0.2, 0) is 25.7 Å². The minimum Gasteiger partial charge on any atom is -0.359 e. The van der Waals surface area contributed by atoms with E-state index in [1.807, 2.05) is 37.4 Å². The van der Waals surface area contributed by atoms with Crippen molar-refractivity contribution < 1.29 is 19.1 Å². The molecule has 3 heterocycles. The van der Waals surface area contributed by atoms with Gasteiger partial charge in [-0.2, -0.15) is 0 Å². The minimum atomic E-state index is -1.19. The summed E-state index contributed by atoms with van der Waals surface area (Å²) in [4.78, 5) is 46.1. The first-order valence-electron chi connectivity index (χ1n) is 15.4. The number of hydrogen-bond acceptors (Lipinski definition) is 5. The third-order valence-electron chi connectivity index (χ3n) is 10.1. The quantitative estimate of drug-likeness (QED) is 0.411. The number of likely N-dealkylation sites (tertiary alicyclic amines) is 1. The summed E-state index contributed by atoms with van der Waals surface area (Å²) in [5, 5.41) is 6.76. The third kappa shape index (κ3) is 5.61. The Kier molecular flexibility index (Phi) is 8.37. The molecule has 1 aliphatic carbocycles. The van der Waals surface area contributed by atoms with Crippen LogP contribution in [0.15, 0.2) is 66.7 Å². The van der Waals surface area contributed by atoms with E-state index in [2.05, 4.69) is 41.5 Å². The number of fused-ring (bicyclic) bond motifs is 1. The topological polar surface area (TPSA) is 91.0 Å². The molecule has 3 fully saturated rings. The van der Waals surface area contributed by atoms with Crippen LogP contribution in [0.2, 0.25) is 5.02 Å². The van der Waals surface area contributed by atoms with Crippen LogP contribution >= 0.6 is 11.6 Å². The number of ether oxygens (including phenoxy) is 1. The molecule has 3 amide bonds. The number of anilines is 1. The van der Waals surface area contributed by atoms with Crippen molar-refractivity contribution in [1.29, 1.82) is 0 Å². The van der Waals surface area contributed by atoms with Crippen LogP contribution in [0.1, 0.15) is 38.7 Å². The molecule has 4 aliphatic rings. The summed E-state index contributed by atoms with van der Waals surface area (Å²) < 4.78 is 6.52. The molecular formula is C34H41ClN4O4. The largest absolute Gasteiger partial charge is 0.359 e. The lowest BCUT2D eigenvalue weighted by Crippen LogP contribution is -2.58. The minimum absolute atomic E-state index is 0.0360. The van der Waals surface area contributed by atoms with Crippen molar-refractivity contribution in [1.82, 2.24) is 15.1 Å². The molecule has 2 N–H and O–H groups in total. The van der Waals surface area contributed by atoms with Crippen LogP contribution in [-0.4, -0.2) is 71.4 Å². The summed E-state index contributed by atoms with van der Waals surface area (Å²) in [6, 6.07) is 16.3. The van der Waals surface area contributed by atoms with Crippen molar-refractivity contribution >= 4 is 35.0 Å². The average Bonchev–Trinajstić information content (AvgIpc) is 3.62. The second-order valence-corrected chi connectivity index (χ2v) is 13.3. The highest BCUT2D eigenvalue weighted by atomic mass is 35.5. The maximum Gasteiger partial charge on any atom is 0.246 e. The van der Waals surface area contributed by atoms with E-state index in [0.717, 1.165) is 25.8 Å². The number of carbonyl (C=O) groups is 3. The Bertz CT molecular complexity index is 1400. The average molecular weight is 605 g/mol. The van der Waals surface area contributed by atoms with E-state index in [1.165, 1.54) is 5.56 Å². The summed E-state index contributed by atoms with van der Waals surface area (Å²) in [5.41, 5.74) is 0.535. The first-order chi connectivity index (χ1) is 20.7. The maximum atomic E-state index is 14.3. The molecule has 6 rings (SSSR count). The van der Waals surface area contributed by atoms with Crippen molar-refractivity contribution in [3.8, 4) is 0 Å². The number of carbonyl (C=O) groups excluding carboxylic acids is 3. The maximum absolute atomic E-state index is 14.3. The number of nitrogens with one attached hydrogen (secondary N) is 2. The predicted octanol–water partition coefficient (Wildman–Crippen LogP) is 4.50. The monoisotopic (exact) mass is 604 g/mol. The third-order valence-corrected chi connectivity index (χ3v) is 10.3. The number of hydrogen-bond donors (Lipinski definition) is 2. The standard InChI is InChI=1S/C34H41ClN4O4/c1-21-9-7-14-26(22(21)2)37-32(41)30-34-16-15-27(43-34)28(31(40)36-25-13-8-12-24(35)19-25)29(34)33(42)39(30)18-17-38(3)20-23-10-5-4-6-11-23/h4-6,8,10-13,15-16,19,21-22,26-30H,7,9,14,17-18,20H2,1-3H3,(H,36,40)(H,37,41)/t21-,22-,26+,27-,28+,29-,30+,34+/m1/s1. The summed E-state index contributed by atoms with van der Waals surface area (Å²) >= 11 is 6.15. The smallest absolute Gasteiger partial charge is 0.246 e. The van der Waals surface area contributed by atoms with Gasteiger partial charge < -0.3 is 25.2 Å². The summed E-state index contributed by atoms with van der Waals surface area (Å²) in [7, 11) is 2.01. The molecule has 9 heteroatoms. The van der Waals surface area contributed by atoms with Gasteiger partial charge in [-0.1, -0.05) is 86.8 Å². The highest BCUT2D eigenvalue weighted by Gasteiger charge is 2.72. The van der Waals surface area contributed by atoms with Crippen LogP contribution in [0.25, 0.3) is 0 Å². The summed E-state index contributed by atoms with van der Waals surface area (Å²) in [6.07, 6.45) is 6.26. The van der Waals surface area contributed by atoms with Gasteiger partial charge in [0.05, 0.1) is 17.9 Å². The number of rotatable bonds is 9. The zero-order valence-electron chi connectivity index (χ0n) is 25.0. The second-order valence-electron chi connectivity index (χ2n) is 12.8. The highest BCUT2D eigenvalue weighted by Crippen LogP contribution is 2.55. The Hall–Kier alpha value is -3.20. The van der Waals surface area contributed by atoms with Crippen molar-refractivity contribution in [2.45, 2.75) is 63.4 Å². The molecule has 1 saturated carbocycles. The van der Waals surface area contributed by atoms with E-state index in [4.69, 9.17) is 16.3 Å². The fourth-order valence-electron chi connectivity index (χ4n) is 7.60. The van der Waals surface area contributed by atoms with E-state index < -0.39 is 29.6 Å². The van der Waals surface area contributed by atoms with Crippen LogP contribution < -0.4 is 10.6 Å². The number of nitrogens with zero attached hydrogens (tertiary/aromatic N) is 2. The molecule has 2 bridgehead atoms. The van der Waals surface area contributed by atoms with Gasteiger partial charge in [-0.3, -0.25) is 14.4 Å². The van der Waals surface area contributed by atoms with Gasteiger partial charge in [0.2, 0.25) is 17.7 Å². The zero-order chi connectivity index (χ0) is 30.3. The molecule has 3 aliphatic heterocycles. The molecule has 228 valence electrons. The van der Waals surface area contributed by atoms with Crippen LogP contribution in [0.5, 0.6) is 0 Å². The Morgan fingerprint density at radius 1 is 1.09 bits per heavy atom. The number of halogens is 1. The Balaban J connectivity index is 1.26. The van der Waals surface area contributed by atoms with Crippen molar-refractivity contribution in [3.05, 3.63) is 77.3 Å². The van der Waals surface area contributed by atoms with Crippen LogP contribution in [0.4, 0.5) is 5.69 Å². The van der Waals surface area contributed by atoms with Gasteiger partial charge in [-0.15, -0.1) is 0 Å². The Morgan fingerprint density at radius 2 is 1.88 bits per heavy atom. The molecule has 0 radical (unpaired) electrons. The Morgan fingerprint density at radius 3 is 2.65 bits per heavy atom. The van der Waals surface area contributed by atoms with Gasteiger partial charge in [0, 0.05) is 36.4 Å². The lowest BCUT2D eigenvalue weighted by molar-refractivity contribution is -0.141. The second kappa shape index (κ2) is 12.1. The first kappa shape index (κ1) is 29.9. The van der Waals surface area contributed by atoms with Gasteiger partial charge in [0.1, 0.15) is 11.6 Å². The molecule has 2 aromatic rings. The van der Waals surface area contributed by atoms with Gasteiger partial charge >= 0.3 is 0 Å². The normalized spacial score (nSPS) is 32.7. The van der Waals surface area contributed by atoms with E-state index in [9.17, 15) is 14.4 Å². The first-order valence-corrected chi connectivity index (χ1v) is 15.8. The number of likely N-dealkylation sites (N-methyl/N-ethyl adjacent to an activating group) is 1. The number of benzene rings is 2. The van der Waals surface area contributed by atoms with Crippen LogP contribution in [0, 0.1) is 23.7 Å². The Labute approximate surface area is 258 Å². The molecule has 43 heavy (non-hydrogen) atoms. The molecule has 2 aromatic carbocycles. The van der Waals surface area contributed by atoms with Gasteiger partial charge in [0.25, 0.3) is 0 Å². The highest BCUT2D eigenvalue weighted by molar-refractivity contribution is 6.30. The molecular weight excluding hydrogens is 564 g/mol.